The highest BCUT2D eigenvalue weighted by Gasteiger charge is 2.32. The molecule has 1 heterocycles. The van der Waals surface area contributed by atoms with E-state index in [-0.39, 0.29) is 12.3 Å². The highest BCUT2D eigenvalue weighted by molar-refractivity contribution is 5.99. The van der Waals surface area contributed by atoms with Crippen molar-refractivity contribution < 1.29 is 19.1 Å². The monoisotopic (exact) mass is 379 g/mol. The maximum Gasteiger partial charge on any atom is 0.356 e. The number of benzene rings is 2. The lowest BCUT2D eigenvalue weighted by Crippen LogP contribution is -2.35. The van der Waals surface area contributed by atoms with E-state index >= 15 is 0 Å². The third-order valence-electron chi connectivity index (χ3n) is 3.90. The molecule has 7 nitrogen and oxygen atoms in total. The second-order valence-electron chi connectivity index (χ2n) is 5.84. The molecule has 3 N–H and O–H groups in total. The van der Waals surface area contributed by atoms with E-state index < -0.39 is 18.0 Å². The summed E-state index contributed by atoms with van der Waals surface area (Å²) >= 11 is 0. The van der Waals surface area contributed by atoms with Crippen LogP contribution in [0, 0.1) is 0 Å². The minimum absolute atomic E-state index is 0.104. The van der Waals surface area contributed by atoms with Gasteiger partial charge in [-0.15, -0.1) is 0 Å². The molecule has 0 fully saturated rings. The van der Waals surface area contributed by atoms with Gasteiger partial charge >= 0.3 is 5.97 Å². The van der Waals surface area contributed by atoms with Crippen LogP contribution in [0.5, 0.6) is 0 Å². The number of carbonyl (C=O) groups is 2. The summed E-state index contributed by atoms with van der Waals surface area (Å²) in [6, 6.07) is 18.3. The van der Waals surface area contributed by atoms with Gasteiger partial charge in [-0.25, -0.2) is 4.79 Å². The molecule has 7 heteroatoms. The normalized spacial score (nSPS) is 16.7. The number of carbonyl (C=O) groups excluding carboxylic acids is 2. The van der Waals surface area contributed by atoms with Gasteiger partial charge in [0.05, 0.1) is 18.6 Å². The number of hydrogen-bond acceptors (Lipinski definition) is 6. The molecule has 2 aromatic carbocycles. The Hall–Kier alpha value is -3.74. The molecule has 1 aliphatic rings. The van der Waals surface area contributed by atoms with E-state index in [1.54, 1.807) is 25.1 Å². The third-order valence-corrected chi connectivity index (χ3v) is 3.90. The second-order valence-corrected chi connectivity index (χ2v) is 5.84. The van der Waals surface area contributed by atoms with E-state index in [0.717, 1.165) is 5.69 Å². The first-order valence-electron chi connectivity index (χ1n) is 8.85. The van der Waals surface area contributed by atoms with E-state index in [2.05, 4.69) is 16.2 Å². The Bertz CT molecular complexity index is 879. The molecule has 0 spiro atoms. The fourth-order valence-corrected chi connectivity index (χ4v) is 2.60. The average molecular weight is 379 g/mol. The Labute approximate surface area is 163 Å². The molecule has 0 radical (unpaired) electrons. The van der Waals surface area contributed by atoms with Crippen molar-refractivity contribution in [3.8, 4) is 0 Å². The Morgan fingerprint density at radius 3 is 2.29 bits per heavy atom. The van der Waals surface area contributed by atoms with Crippen LogP contribution in [0.4, 0.5) is 11.4 Å². The number of ether oxygens (including phenoxy) is 2. The van der Waals surface area contributed by atoms with Crippen LogP contribution in [0.15, 0.2) is 84.3 Å². The first kappa shape index (κ1) is 19.0. The lowest BCUT2D eigenvalue weighted by atomic mass is 10.1. The zero-order valence-electron chi connectivity index (χ0n) is 15.3. The lowest BCUT2D eigenvalue weighted by Gasteiger charge is -2.18. The van der Waals surface area contributed by atoms with Gasteiger partial charge < -0.3 is 20.2 Å². The SMILES string of the molecule is CCOC(=O)C(NNc1ccccc1)=C1C=COC1C(=O)Nc1ccccc1. The topological polar surface area (TPSA) is 88.7 Å². The van der Waals surface area contributed by atoms with Crippen LogP contribution in [0.1, 0.15) is 6.92 Å². The molecule has 144 valence electrons. The summed E-state index contributed by atoms with van der Waals surface area (Å²) in [5, 5.41) is 2.78. The highest BCUT2D eigenvalue weighted by Crippen LogP contribution is 2.22. The number of hydrogen-bond donors (Lipinski definition) is 3. The van der Waals surface area contributed by atoms with Gasteiger partial charge in [0.1, 0.15) is 5.70 Å². The van der Waals surface area contributed by atoms with Crippen LogP contribution in [-0.2, 0) is 19.1 Å². The molecule has 0 aromatic heterocycles. The van der Waals surface area contributed by atoms with Crippen LogP contribution in [0.25, 0.3) is 0 Å². The van der Waals surface area contributed by atoms with E-state index in [4.69, 9.17) is 9.47 Å². The van der Waals surface area contributed by atoms with E-state index in [1.165, 1.54) is 6.26 Å². The van der Waals surface area contributed by atoms with Crippen LogP contribution in [0.2, 0.25) is 0 Å². The van der Waals surface area contributed by atoms with Gasteiger partial charge in [-0.3, -0.25) is 10.2 Å². The van der Waals surface area contributed by atoms with Gasteiger partial charge in [0.25, 0.3) is 5.91 Å². The van der Waals surface area contributed by atoms with Gasteiger partial charge in [0.2, 0.25) is 6.10 Å². The smallest absolute Gasteiger partial charge is 0.356 e. The van der Waals surface area contributed by atoms with Crippen molar-refractivity contribution in [3.63, 3.8) is 0 Å². The van der Waals surface area contributed by atoms with Crippen molar-refractivity contribution >= 4 is 23.3 Å². The van der Waals surface area contributed by atoms with Crippen molar-refractivity contribution in [2.75, 3.05) is 17.3 Å². The highest BCUT2D eigenvalue weighted by atomic mass is 16.5. The fraction of sp³-hybridized carbons (Fsp3) is 0.143. The molecule has 1 aliphatic heterocycles. The minimum atomic E-state index is -0.982. The molecular formula is C21H21N3O4. The molecule has 3 rings (SSSR count). The second kappa shape index (κ2) is 9.27. The molecule has 1 amide bonds. The van der Waals surface area contributed by atoms with Gasteiger partial charge in [0, 0.05) is 11.3 Å². The predicted octanol–water partition coefficient (Wildman–Crippen LogP) is 2.97. The van der Waals surface area contributed by atoms with Gasteiger partial charge in [-0.2, -0.15) is 0 Å². The summed E-state index contributed by atoms with van der Waals surface area (Å²) in [6.45, 7) is 1.92. The molecular weight excluding hydrogens is 358 g/mol. The van der Waals surface area contributed by atoms with Crippen molar-refractivity contribution in [1.29, 1.82) is 0 Å². The molecule has 0 saturated heterocycles. The number of nitrogens with one attached hydrogen (secondary N) is 3. The Kier molecular flexibility index (Phi) is 6.30. The summed E-state index contributed by atoms with van der Waals surface area (Å²) < 4.78 is 10.6. The summed E-state index contributed by atoms with van der Waals surface area (Å²) in [5.41, 5.74) is 7.65. The van der Waals surface area contributed by atoms with Crippen molar-refractivity contribution in [3.05, 3.63) is 84.3 Å². The molecule has 0 aliphatic carbocycles. The maximum atomic E-state index is 12.7. The Morgan fingerprint density at radius 2 is 1.64 bits per heavy atom. The molecule has 0 saturated carbocycles. The van der Waals surface area contributed by atoms with Gasteiger partial charge in [0.15, 0.2) is 0 Å². The average Bonchev–Trinajstić information content (AvgIpc) is 3.20. The molecule has 0 bridgehead atoms. The number of para-hydroxylation sites is 2. The summed E-state index contributed by atoms with van der Waals surface area (Å²) in [5.74, 6) is -0.983. The number of hydrazine groups is 1. The zero-order valence-corrected chi connectivity index (χ0v) is 15.3. The number of amides is 1. The predicted molar refractivity (Wildman–Crippen MR) is 106 cm³/mol. The largest absolute Gasteiger partial charge is 0.483 e. The molecule has 28 heavy (non-hydrogen) atoms. The molecule has 2 aromatic rings. The number of anilines is 2. The first-order chi connectivity index (χ1) is 13.7. The van der Waals surface area contributed by atoms with Crippen LogP contribution >= 0.6 is 0 Å². The standard InChI is InChI=1S/C21H21N3O4/c1-2-27-21(26)18(24-23-16-11-7-4-8-12-16)17-13-14-28-19(17)20(25)22-15-9-5-3-6-10-15/h3-14,19,23-24H,2H2,1H3,(H,22,25). The van der Waals surface area contributed by atoms with Crippen molar-refractivity contribution in [1.82, 2.24) is 5.43 Å². The zero-order chi connectivity index (χ0) is 19.8. The van der Waals surface area contributed by atoms with Crippen LogP contribution < -0.4 is 16.2 Å². The van der Waals surface area contributed by atoms with Crippen molar-refractivity contribution in [2.45, 2.75) is 13.0 Å². The summed E-state index contributed by atoms with van der Waals surface area (Å²) in [6.07, 6.45) is 1.97. The van der Waals surface area contributed by atoms with Gasteiger partial charge in [-0.1, -0.05) is 36.4 Å². The third kappa shape index (κ3) is 4.70. The lowest BCUT2D eigenvalue weighted by molar-refractivity contribution is -0.139. The summed E-state index contributed by atoms with van der Waals surface area (Å²) in [4.78, 5) is 25.1. The van der Waals surface area contributed by atoms with Crippen molar-refractivity contribution in [2.24, 2.45) is 0 Å². The number of esters is 1. The van der Waals surface area contributed by atoms with E-state index in [1.807, 2.05) is 48.5 Å². The van der Waals surface area contributed by atoms with Gasteiger partial charge in [-0.05, 0) is 37.3 Å². The Morgan fingerprint density at radius 1 is 1.00 bits per heavy atom. The van der Waals surface area contributed by atoms with E-state index in [0.29, 0.717) is 11.3 Å². The van der Waals surface area contributed by atoms with Crippen LogP contribution in [0.3, 0.4) is 0 Å². The number of rotatable bonds is 7. The Balaban J connectivity index is 1.82. The van der Waals surface area contributed by atoms with Crippen LogP contribution in [-0.4, -0.2) is 24.6 Å². The summed E-state index contributed by atoms with van der Waals surface area (Å²) in [7, 11) is 0. The minimum Gasteiger partial charge on any atom is -0.483 e. The molecule has 1 unspecified atom stereocenters. The fourth-order valence-electron chi connectivity index (χ4n) is 2.60. The first-order valence-corrected chi connectivity index (χ1v) is 8.85. The quantitative estimate of drug-likeness (QED) is 0.389. The molecule has 1 atom stereocenters. The maximum absolute atomic E-state index is 12.7. The van der Waals surface area contributed by atoms with E-state index in [9.17, 15) is 9.59 Å².